The van der Waals surface area contributed by atoms with Gasteiger partial charge in [0.15, 0.2) is 0 Å². The smallest absolute Gasteiger partial charge is 0.0951 e. The zero-order valence-electron chi connectivity index (χ0n) is 9.51. The molecule has 0 spiro atoms. The van der Waals surface area contributed by atoms with E-state index in [0.717, 1.165) is 19.3 Å². The van der Waals surface area contributed by atoms with Gasteiger partial charge < -0.3 is 15.0 Å². The third-order valence-electron chi connectivity index (χ3n) is 3.58. The summed E-state index contributed by atoms with van der Waals surface area (Å²) in [7, 11) is 0. The van der Waals surface area contributed by atoms with Crippen LogP contribution in [-0.4, -0.2) is 21.7 Å². The molecular formula is C12H19N3O. The maximum Gasteiger partial charge on any atom is 0.0951 e. The van der Waals surface area contributed by atoms with Crippen LogP contribution in [0.15, 0.2) is 12.5 Å². The number of nitrogens with zero attached hydrogens (tertiary/aromatic N) is 2. The fourth-order valence-corrected chi connectivity index (χ4v) is 2.45. The molecule has 2 aliphatic carbocycles. The molecule has 2 fully saturated rings. The summed E-state index contributed by atoms with van der Waals surface area (Å²) in [6.07, 6.45) is 10.0. The Morgan fingerprint density at radius 3 is 2.94 bits per heavy atom. The van der Waals surface area contributed by atoms with Crippen LogP contribution in [0.2, 0.25) is 0 Å². The van der Waals surface area contributed by atoms with E-state index < -0.39 is 0 Å². The molecule has 0 aliphatic heterocycles. The molecule has 4 heteroatoms. The van der Waals surface area contributed by atoms with E-state index in [1.54, 1.807) is 0 Å². The highest BCUT2D eigenvalue weighted by Crippen LogP contribution is 2.35. The Balaban J connectivity index is 1.55. The normalized spacial score (nSPS) is 29.8. The summed E-state index contributed by atoms with van der Waals surface area (Å²) in [5.74, 6) is 0. The molecule has 0 bridgehead atoms. The molecular weight excluding hydrogens is 202 g/mol. The van der Waals surface area contributed by atoms with Crippen molar-refractivity contribution in [3.8, 4) is 0 Å². The molecule has 2 saturated carbocycles. The van der Waals surface area contributed by atoms with Gasteiger partial charge in [-0.2, -0.15) is 0 Å². The quantitative estimate of drug-likeness (QED) is 0.840. The molecule has 0 amide bonds. The number of rotatable bonds is 4. The van der Waals surface area contributed by atoms with Crippen molar-refractivity contribution < 1.29 is 4.74 Å². The van der Waals surface area contributed by atoms with E-state index >= 15 is 0 Å². The van der Waals surface area contributed by atoms with Gasteiger partial charge in [-0.3, -0.25) is 0 Å². The van der Waals surface area contributed by atoms with Crippen LogP contribution >= 0.6 is 0 Å². The molecule has 2 atom stereocenters. The van der Waals surface area contributed by atoms with E-state index in [2.05, 4.69) is 9.55 Å². The van der Waals surface area contributed by atoms with Crippen molar-refractivity contribution >= 4 is 0 Å². The molecule has 1 aromatic rings. The Morgan fingerprint density at radius 1 is 1.38 bits per heavy atom. The second kappa shape index (κ2) is 4.18. The topological polar surface area (TPSA) is 53.1 Å². The van der Waals surface area contributed by atoms with Gasteiger partial charge in [0.25, 0.3) is 0 Å². The van der Waals surface area contributed by atoms with Gasteiger partial charge in [-0.1, -0.05) is 0 Å². The lowest BCUT2D eigenvalue weighted by Crippen LogP contribution is -2.17. The third-order valence-corrected chi connectivity index (χ3v) is 3.58. The van der Waals surface area contributed by atoms with Gasteiger partial charge in [-0.05, 0) is 32.1 Å². The minimum Gasteiger partial charge on any atom is -0.372 e. The zero-order valence-corrected chi connectivity index (χ0v) is 9.51. The van der Waals surface area contributed by atoms with E-state index in [-0.39, 0.29) is 0 Å². The highest BCUT2D eigenvalue weighted by atomic mass is 16.5. The van der Waals surface area contributed by atoms with Crippen LogP contribution in [0.4, 0.5) is 0 Å². The maximum atomic E-state index is 5.90. The van der Waals surface area contributed by atoms with E-state index in [9.17, 15) is 0 Å². The van der Waals surface area contributed by atoms with Crippen molar-refractivity contribution in [1.29, 1.82) is 0 Å². The molecule has 0 radical (unpaired) electrons. The van der Waals surface area contributed by atoms with E-state index in [4.69, 9.17) is 10.5 Å². The lowest BCUT2D eigenvalue weighted by molar-refractivity contribution is 0.0413. The summed E-state index contributed by atoms with van der Waals surface area (Å²) in [6, 6.07) is 1.03. The fourth-order valence-electron chi connectivity index (χ4n) is 2.45. The number of ether oxygens (including phenoxy) is 1. The van der Waals surface area contributed by atoms with E-state index in [0.29, 0.717) is 24.8 Å². The third kappa shape index (κ3) is 2.13. The highest BCUT2D eigenvalue weighted by Gasteiger charge is 2.26. The van der Waals surface area contributed by atoms with Crippen LogP contribution in [0.25, 0.3) is 0 Å². The summed E-state index contributed by atoms with van der Waals surface area (Å²) in [4.78, 5) is 4.20. The lowest BCUT2D eigenvalue weighted by atomic mass is 10.3. The Hall–Kier alpha value is -0.870. The molecule has 3 rings (SSSR count). The van der Waals surface area contributed by atoms with Crippen molar-refractivity contribution in [2.75, 3.05) is 0 Å². The molecule has 2 N–H and O–H groups in total. The molecule has 88 valence electrons. The minimum absolute atomic E-state index is 0.346. The number of hydrogen-bond donors (Lipinski definition) is 1. The maximum absolute atomic E-state index is 5.90. The Kier molecular flexibility index (Phi) is 2.69. The summed E-state index contributed by atoms with van der Waals surface area (Å²) in [6.45, 7) is 0.688. The molecule has 1 aromatic heterocycles. The molecule has 2 unspecified atom stereocenters. The summed E-state index contributed by atoms with van der Waals surface area (Å²) >= 11 is 0. The highest BCUT2D eigenvalue weighted by molar-refractivity contribution is 5.02. The standard InChI is InChI=1S/C12H19N3O/c13-9-1-4-12(5-9)16-7-11-6-14-8-15(11)10-2-3-10/h6,8-10,12H,1-5,7,13H2. The lowest BCUT2D eigenvalue weighted by Gasteiger charge is -2.12. The monoisotopic (exact) mass is 221 g/mol. The fraction of sp³-hybridized carbons (Fsp3) is 0.750. The first-order chi connectivity index (χ1) is 7.83. The predicted molar refractivity (Wildman–Crippen MR) is 60.9 cm³/mol. The van der Waals surface area contributed by atoms with Gasteiger partial charge in [0.1, 0.15) is 0 Å². The SMILES string of the molecule is NC1CCC(OCc2cncn2C2CC2)C1. The van der Waals surface area contributed by atoms with Crippen molar-refractivity contribution in [3.63, 3.8) is 0 Å². The molecule has 16 heavy (non-hydrogen) atoms. The van der Waals surface area contributed by atoms with Crippen LogP contribution in [-0.2, 0) is 11.3 Å². The second-order valence-electron chi connectivity index (χ2n) is 5.03. The number of aromatic nitrogens is 2. The zero-order chi connectivity index (χ0) is 11.0. The Labute approximate surface area is 95.8 Å². The first-order valence-electron chi connectivity index (χ1n) is 6.21. The Morgan fingerprint density at radius 2 is 2.25 bits per heavy atom. The van der Waals surface area contributed by atoms with Gasteiger partial charge in [0.05, 0.1) is 30.9 Å². The van der Waals surface area contributed by atoms with Crippen LogP contribution in [0, 0.1) is 0 Å². The number of hydrogen-bond acceptors (Lipinski definition) is 3. The van der Waals surface area contributed by atoms with Crippen molar-refractivity contribution in [3.05, 3.63) is 18.2 Å². The van der Waals surface area contributed by atoms with Crippen LogP contribution in [0.5, 0.6) is 0 Å². The first kappa shape index (κ1) is 10.3. The van der Waals surface area contributed by atoms with Crippen LogP contribution in [0.3, 0.4) is 0 Å². The largest absolute Gasteiger partial charge is 0.372 e. The molecule has 4 nitrogen and oxygen atoms in total. The van der Waals surface area contributed by atoms with Crippen LogP contribution in [0.1, 0.15) is 43.8 Å². The van der Waals surface area contributed by atoms with E-state index in [1.165, 1.54) is 18.5 Å². The number of nitrogens with two attached hydrogens (primary N) is 1. The summed E-state index contributed by atoms with van der Waals surface area (Å²) in [5, 5.41) is 0. The van der Waals surface area contributed by atoms with Gasteiger partial charge in [-0.15, -0.1) is 0 Å². The van der Waals surface area contributed by atoms with Crippen molar-refractivity contribution in [2.24, 2.45) is 5.73 Å². The summed E-state index contributed by atoms with van der Waals surface area (Å²) < 4.78 is 8.15. The second-order valence-corrected chi connectivity index (χ2v) is 5.03. The molecule has 2 aliphatic rings. The van der Waals surface area contributed by atoms with Crippen molar-refractivity contribution in [2.45, 2.75) is 56.9 Å². The van der Waals surface area contributed by atoms with Gasteiger partial charge in [0, 0.05) is 12.1 Å². The predicted octanol–water partition coefficient (Wildman–Crippen LogP) is 1.61. The van der Waals surface area contributed by atoms with Crippen molar-refractivity contribution in [1.82, 2.24) is 9.55 Å². The number of imidazole rings is 1. The minimum atomic E-state index is 0.346. The average molecular weight is 221 g/mol. The van der Waals surface area contributed by atoms with Gasteiger partial charge in [-0.25, -0.2) is 4.98 Å². The van der Waals surface area contributed by atoms with E-state index in [1.807, 2.05) is 12.5 Å². The molecule has 0 saturated heterocycles. The van der Waals surface area contributed by atoms with Gasteiger partial charge in [0.2, 0.25) is 0 Å². The molecule has 0 aromatic carbocycles. The summed E-state index contributed by atoms with van der Waals surface area (Å²) in [5.41, 5.74) is 7.08. The average Bonchev–Trinajstić information content (AvgIpc) is 2.86. The van der Waals surface area contributed by atoms with Crippen LogP contribution < -0.4 is 5.73 Å². The van der Waals surface area contributed by atoms with Gasteiger partial charge >= 0.3 is 0 Å². The first-order valence-corrected chi connectivity index (χ1v) is 6.21. The Bertz CT molecular complexity index is 359. The molecule has 1 heterocycles.